The summed E-state index contributed by atoms with van der Waals surface area (Å²) in [6.45, 7) is 3.10. The Morgan fingerprint density at radius 1 is 0.964 bits per heavy atom. The molecule has 4 heteroatoms. The molecule has 0 aliphatic rings. The van der Waals surface area contributed by atoms with Gasteiger partial charge in [0.25, 0.3) is 5.56 Å². The summed E-state index contributed by atoms with van der Waals surface area (Å²) in [6.07, 6.45) is 3.06. The van der Waals surface area contributed by atoms with Crippen molar-refractivity contribution < 1.29 is 4.74 Å². The molecule has 0 radical (unpaired) electrons. The summed E-state index contributed by atoms with van der Waals surface area (Å²) >= 11 is 0. The molecule has 3 rings (SSSR count). The molecule has 28 heavy (non-hydrogen) atoms. The van der Waals surface area contributed by atoms with Crippen LogP contribution in [-0.2, 0) is 19.6 Å². The molecule has 2 aromatic carbocycles. The lowest BCUT2D eigenvalue weighted by molar-refractivity contribution is 0.304. The predicted molar refractivity (Wildman–Crippen MR) is 110 cm³/mol. The van der Waals surface area contributed by atoms with Gasteiger partial charge in [-0.05, 0) is 54.3 Å². The third-order valence-electron chi connectivity index (χ3n) is 4.75. The highest BCUT2D eigenvalue weighted by molar-refractivity contribution is 5.35. The molecule has 0 fully saturated rings. The maximum atomic E-state index is 12.5. The lowest BCUT2D eigenvalue weighted by Gasteiger charge is -2.16. The van der Waals surface area contributed by atoms with E-state index < -0.39 is 0 Å². The monoisotopic (exact) mass is 372 g/mol. The van der Waals surface area contributed by atoms with Gasteiger partial charge in [-0.25, -0.2) is 0 Å². The van der Waals surface area contributed by atoms with Crippen LogP contribution in [0.2, 0.25) is 0 Å². The van der Waals surface area contributed by atoms with Gasteiger partial charge < -0.3 is 9.30 Å². The summed E-state index contributed by atoms with van der Waals surface area (Å²) in [5, 5.41) is 8.89. The van der Waals surface area contributed by atoms with Crippen molar-refractivity contribution in [3.8, 4) is 11.8 Å². The van der Waals surface area contributed by atoms with E-state index in [4.69, 9.17) is 10.00 Å². The fourth-order valence-corrected chi connectivity index (χ4v) is 3.13. The Balaban J connectivity index is 1.79. The fraction of sp³-hybridized carbons (Fsp3) is 0.250. The van der Waals surface area contributed by atoms with Crippen LogP contribution >= 0.6 is 0 Å². The molecule has 1 aromatic heterocycles. The van der Waals surface area contributed by atoms with Crippen molar-refractivity contribution in [2.24, 2.45) is 0 Å². The Morgan fingerprint density at radius 2 is 1.71 bits per heavy atom. The van der Waals surface area contributed by atoms with Crippen LogP contribution in [-0.4, -0.2) is 4.57 Å². The van der Waals surface area contributed by atoms with E-state index in [0.29, 0.717) is 24.5 Å². The molecule has 0 N–H and O–H groups in total. The predicted octanol–water partition coefficient (Wildman–Crippen LogP) is 4.69. The molecule has 4 nitrogen and oxygen atoms in total. The zero-order chi connectivity index (χ0) is 19.8. The molecule has 0 unspecified atom stereocenters. The summed E-state index contributed by atoms with van der Waals surface area (Å²) in [5.74, 6) is 0.717. The molecule has 142 valence electrons. The van der Waals surface area contributed by atoms with E-state index in [0.717, 1.165) is 36.1 Å². The van der Waals surface area contributed by atoms with Gasteiger partial charge in [0.05, 0.1) is 18.2 Å². The van der Waals surface area contributed by atoms with E-state index in [1.807, 2.05) is 41.0 Å². The number of benzene rings is 2. The van der Waals surface area contributed by atoms with Gasteiger partial charge in [0, 0.05) is 11.8 Å². The first-order chi connectivity index (χ1) is 13.7. The number of hydrogen-bond acceptors (Lipinski definition) is 3. The van der Waals surface area contributed by atoms with Gasteiger partial charge in [-0.3, -0.25) is 4.79 Å². The number of rotatable bonds is 8. The van der Waals surface area contributed by atoms with Crippen LogP contribution in [0.15, 0.2) is 71.5 Å². The van der Waals surface area contributed by atoms with E-state index in [1.165, 1.54) is 0 Å². The summed E-state index contributed by atoms with van der Waals surface area (Å²) in [4.78, 5) is 12.5. The molecule has 1 heterocycles. The average molecular weight is 372 g/mol. The van der Waals surface area contributed by atoms with Gasteiger partial charge in [-0.1, -0.05) is 43.7 Å². The number of pyridine rings is 1. The van der Waals surface area contributed by atoms with Crippen molar-refractivity contribution in [3.63, 3.8) is 0 Å². The molecule has 3 aromatic rings. The Hall–Kier alpha value is -3.32. The number of nitrogens with zero attached hydrogens (tertiary/aromatic N) is 2. The Labute approximate surface area is 165 Å². The summed E-state index contributed by atoms with van der Waals surface area (Å²) in [6, 6.07) is 22.7. The lowest BCUT2D eigenvalue weighted by Crippen LogP contribution is -2.23. The number of aryl methyl sites for hydroxylation is 1. The van der Waals surface area contributed by atoms with Gasteiger partial charge in [0.15, 0.2) is 0 Å². The second-order valence-electron chi connectivity index (χ2n) is 6.74. The molecule has 0 aliphatic carbocycles. The molecule has 0 spiro atoms. The molecule has 0 amide bonds. The summed E-state index contributed by atoms with van der Waals surface area (Å²) in [5.41, 5.74) is 3.82. The van der Waals surface area contributed by atoms with Crippen LogP contribution < -0.4 is 10.3 Å². The number of nitriles is 1. The van der Waals surface area contributed by atoms with Crippen molar-refractivity contribution in [2.75, 3.05) is 0 Å². The molecule has 0 aliphatic heterocycles. The first-order valence-corrected chi connectivity index (χ1v) is 9.59. The van der Waals surface area contributed by atoms with Crippen molar-refractivity contribution in [1.29, 1.82) is 5.26 Å². The van der Waals surface area contributed by atoms with E-state index >= 15 is 0 Å². The second-order valence-corrected chi connectivity index (χ2v) is 6.74. The van der Waals surface area contributed by atoms with Gasteiger partial charge in [-0.15, -0.1) is 0 Å². The number of ether oxygens (including phenoxy) is 1. The van der Waals surface area contributed by atoms with Gasteiger partial charge in [0.1, 0.15) is 12.4 Å². The molecule has 0 bridgehead atoms. The maximum Gasteiger partial charge on any atom is 0.251 e. The molecule has 0 saturated carbocycles. The zero-order valence-electron chi connectivity index (χ0n) is 16.1. The van der Waals surface area contributed by atoms with E-state index in [2.05, 4.69) is 13.0 Å². The van der Waals surface area contributed by atoms with Crippen molar-refractivity contribution in [3.05, 3.63) is 99.5 Å². The first kappa shape index (κ1) is 19.4. The van der Waals surface area contributed by atoms with E-state index in [-0.39, 0.29) is 5.56 Å². The first-order valence-electron chi connectivity index (χ1n) is 9.59. The van der Waals surface area contributed by atoms with Crippen LogP contribution in [0.5, 0.6) is 5.75 Å². The van der Waals surface area contributed by atoms with Crippen molar-refractivity contribution >= 4 is 0 Å². The highest BCUT2D eigenvalue weighted by Crippen LogP contribution is 2.17. The maximum absolute atomic E-state index is 12.5. The lowest BCUT2D eigenvalue weighted by atomic mass is 10.1. The van der Waals surface area contributed by atoms with Gasteiger partial charge in [0.2, 0.25) is 0 Å². The van der Waals surface area contributed by atoms with Crippen molar-refractivity contribution in [2.45, 2.75) is 39.3 Å². The number of aromatic nitrogens is 1. The minimum Gasteiger partial charge on any atom is -0.489 e. The Kier molecular flexibility index (Phi) is 6.64. The van der Waals surface area contributed by atoms with Crippen LogP contribution in [0.4, 0.5) is 0 Å². The largest absolute Gasteiger partial charge is 0.489 e. The Morgan fingerprint density at radius 3 is 2.43 bits per heavy atom. The fourth-order valence-electron chi connectivity index (χ4n) is 3.13. The highest BCUT2D eigenvalue weighted by Gasteiger charge is 2.08. The smallest absolute Gasteiger partial charge is 0.251 e. The van der Waals surface area contributed by atoms with E-state index in [9.17, 15) is 4.79 Å². The zero-order valence-corrected chi connectivity index (χ0v) is 16.1. The summed E-state index contributed by atoms with van der Waals surface area (Å²) < 4.78 is 7.76. The third kappa shape index (κ3) is 4.89. The van der Waals surface area contributed by atoms with Crippen LogP contribution in [0.1, 0.15) is 42.1 Å². The van der Waals surface area contributed by atoms with Gasteiger partial charge in [-0.2, -0.15) is 5.26 Å². The SMILES string of the molecule is CCCCc1cccc(=O)n1Cc1ccccc1COc1ccc(C#N)cc1. The third-order valence-corrected chi connectivity index (χ3v) is 4.75. The number of hydrogen-bond donors (Lipinski definition) is 0. The summed E-state index contributed by atoms with van der Waals surface area (Å²) in [7, 11) is 0. The van der Waals surface area contributed by atoms with Crippen LogP contribution in [0.25, 0.3) is 0 Å². The topological polar surface area (TPSA) is 55.0 Å². The minimum absolute atomic E-state index is 0.0245. The van der Waals surface area contributed by atoms with Crippen molar-refractivity contribution in [1.82, 2.24) is 4.57 Å². The molecular formula is C24H24N2O2. The average Bonchev–Trinajstić information content (AvgIpc) is 2.74. The quantitative estimate of drug-likeness (QED) is 0.576. The highest BCUT2D eigenvalue weighted by atomic mass is 16.5. The second kappa shape index (κ2) is 9.57. The number of unbranched alkanes of at least 4 members (excludes halogenated alkanes) is 1. The molecule has 0 atom stereocenters. The standard InChI is InChI=1S/C24H24N2O2/c1-2-3-9-22-10-6-11-24(27)26(22)17-20-7-4-5-8-21(20)18-28-23-14-12-19(16-25)13-15-23/h4-8,10-15H,2-3,9,17-18H2,1H3. The minimum atomic E-state index is 0.0245. The van der Waals surface area contributed by atoms with Gasteiger partial charge >= 0.3 is 0 Å². The molecular weight excluding hydrogens is 348 g/mol. The normalized spacial score (nSPS) is 10.4. The van der Waals surface area contributed by atoms with Crippen LogP contribution in [0.3, 0.4) is 0 Å². The Bertz CT molecular complexity index is 1010. The van der Waals surface area contributed by atoms with Crippen LogP contribution in [0, 0.1) is 11.3 Å². The molecule has 0 saturated heterocycles. The van der Waals surface area contributed by atoms with E-state index in [1.54, 1.807) is 30.3 Å².